The number of para-hydroxylation sites is 1. The lowest BCUT2D eigenvalue weighted by molar-refractivity contribution is 0.416. The summed E-state index contributed by atoms with van der Waals surface area (Å²) in [4.78, 5) is 0. The number of methoxy groups -OCH3 is 1. The van der Waals surface area contributed by atoms with E-state index in [2.05, 4.69) is 16.8 Å². The highest BCUT2D eigenvalue weighted by Crippen LogP contribution is 2.32. The predicted molar refractivity (Wildman–Crippen MR) is 103 cm³/mol. The van der Waals surface area contributed by atoms with E-state index in [1.807, 2.05) is 34.9 Å². The maximum absolute atomic E-state index is 14.3. The molecule has 0 saturated heterocycles. The summed E-state index contributed by atoms with van der Waals surface area (Å²) in [7, 11) is 1.60. The molecule has 0 saturated carbocycles. The zero-order valence-corrected chi connectivity index (χ0v) is 15.5. The van der Waals surface area contributed by atoms with E-state index in [-0.39, 0.29) is 5.56 Å². The Hall–Kier alpha value is -3.11. The predicted octanol–water partition coefficient (Wildman–Crippen LogP) is 4.44. The molecule has 0 radical (unpaired) electrons. The monoisotopic (exact) mass is 380 g/mol. The smallest absolute Gasteiger partial charge is 0.192 e. The van der Waals surface area contributed by atoms with E-state index >= 15 is 0 Å². The van der Waals surface area contributed by atoms with Gasteiger partial charge in [-0.1, -0.05) is 42.1 Å². The molecule has 0 aliphatic rings. The zero-order valence-electron chi connectivity index (χ0n) is 14.7. The maximum atomic E-state index is 14.3. The molecule has 7 heteroatoms. The average Bonchev–Trinajstić information content (AvgIpc) is 3.10. The van der Waals surface area contributed by atoms with Crippen LogP contribution in [0.1, 0.15) is 11.1 Å². The van der Waals surface area contributed by atoms with E-state index in [0.717, 1.165) is 5.56 Å². The molecule has 3 aromatic rings. The van der Waals surface area contributed by atoms with Crippen LogP contribution >= 0.6 is 11.8 Å². The van der Waals surface area contributed by atoms with Crippen LogP contribution in [0.2, 0.25) is 0 Å². The fourth-order valence-electron chi connectivity index (χ4n) is 2.64. The first-order chi connectivity index (χ1) is 13.2. The van der Waals surface area contributed by atoms with Gasteiger partial charge in [0.05, 0.1) is 18.2 Å². The summed E-state index contributed by atoms with van der Waals surface area (Å²) >= 11 is 1.35. The number of thioether (sulfide) groups is 1. The van der Waals surface area contributed by atoms with E-state index in [9.17, 15) is 4.39 Å². The van der Waals surface area contributed by atoms with Crippen molar-refractivity contribution in [2.75, 3.05) is 7.11 Å². The lowest BCUT2D eigenvalue weighted by Gasteiger charge is -2.10. The van der Waals surface area contributed by atoms with E-state index in [0.29, 0.717) is 34.6 Å². The van der Waals surface area contributed by atoms with Crippen LogP contribution in [0.3, 0.4) is 0 Å². The Balaban J connectivity index is 1.92. The second-order valence-corrected chi connectivity index (χ2v) is 6.53. The molecule has 0 unspecified atom stereocenters. The van der Waals surface area contributed by atoms with E-state index in [1.54, 1.807) is 25.3 Å². The van der Waals surface area contributed by atoms with Gasteiger partial charge in [0.15, 0.2) is 11.0 Å². The van der Waals surface area contributed by atoms with Crippen LogP contribution in [0, 0.1) is 17.1 Å². The number of hydrogen-bond donors (Lipinski definition) is 0. The van der Waals surface area contributed by atoms with Crippen LogP contribution in [0.25, 0.3) is 11.4 Å². The third-order valence-corrected chi connectivity index (χ3v) is 4.95. The fraction of sp³-hybridized carbons (Fsp3) is 0.150. The van der Waals surface area contributed by atoms with Gasteiger partial charge in [-0.05, 0) is 23.8 Å². The molecule has 2 aromatic carbocycles. The SMILES string of the molecule is C=CCn1c(SCc2cccc(C#N)c2F)nnc1-c1ccccc1OC. The largest absolute Gasteiger partial charge is 0.496 e. The third kappa shape index (κ3) is 3.86. The highest BCUT2D eigenvalue weighted by atomic mass is 32.2. The van der Waals surface area contributed by atoms with Crippen molar-refractivity contribution in [2.45, 2.75) is 17.5 Å². The van der Waals surface area contributed by atoms with Gasteiger partial charge in [0.25, 0.3) is 0 Å². The molecule has 0 spiro atoms. The number of allylic oxidation sites excluding steroid dienone is 1. The number of nitrogens with zero attached hydrogens (tertiary/aromatic N) is 4. The Morgan fingerprint density at radius 3 is 2.81 bits per heavy atom. The Labute approximate surface area is 161 Å². The van der Waals surface area contributed by atoms with Crippen LogP contribution in [0.4, 0.5) is 4.39 Å². The third-order valence-electron chi connectivity index (χ3n) is 3.93. The van der Waals surface area contributed by atoms with E-state index in [1.165, 1.54) is 17.8 Å². The number of aromatic nitrogens is 3. The van der Waals surface area contributed by atoms with Gasteiger partial charge in [0, 0.05) is 12.3 Å². The minimum Gasteiger partial charge on any atom is -0.496 e. The number of halogens is 1. The number of ether oxygens (including phenoxy) is 1. The molecule has 1 heterocycles. The van der Waals surface area contributed by atoms with Crippen LogP contribution in [0.15, 0.2) is 60.3 Å². The Morgan fingerprint density at radius 1 is 1.26 bits per heavy atom. The zero-order chi connectivity index (χ0) is 19.2. The molecule has 3 rings (SSSR count). The van der Waals surface area contributed by atoms with Gasteiger partial charge >= 0.3 is 0 Å². The van der Waals surface area contributed by atoms with Crippen molar-refractivity contribution in [3.8, 4) is 23.2 Å². The molecule has 0 fully saturated rings. The van der Waals surface area contributed by atoms with Gasteiger partial charge in [-0.2, -0.15) is 5.26 Å². The number of nitriles is 1. The standard InChI is InChI=1S/C20H17FN4OS/c1-3-11-25-19(16-9-4-5-10-17(16)26-2)23-24-20(25)27-13-15-8-6-7-14(12-22)18(15)21/h3-10H,1,11,13H2,2H3. The first-order valence-electron chi connectivity index (χ1n) is 8.17. The van der Waals surface area contributed by atoms with Gasteiger partial charge in [0.1, 0.15) is 17.6 Å². The molecule has 0 bridgehead atoms. The molecule has 0 amide bonds. The number of benzene rings is 2. The molecule has 136 valence electrons. The number of rotatable bonds is 7. The highest BCUT2D eigenvalue weighted by Gasteiger charge is 2.17. The highest BCUT2D eigenvalue weighted by molar-refractivity contribution is 7.98. The van der Waals surface area contributed by atoms with E-state index in [4.69, 9.17) is 10.00 Å². The summed E-state index contributed by atoms with van der Waals surface area (Å²) in [6.45, 7) is 4.30. The lowest BCUT2D eigenvalue weighted by Crippen LogP contribution is -2.02. The molecule has 5 nitrogen and oxygen atoms in total. The van der Waals surface area contributed by atoms with Crippen LogP contribution in [-0.2, 0) is 12.3 Å². The Kier molecular flexibility index (Phi) is 5.89. The molecule has 0 aliphatic heterocycles. The summed E-state index contributed by atoms with van der Waals surface area (Å²) in [5.74, 6) is 1.19. The normalized spacial score (nSPS) is 10.4. The van der Waals surface area contributed by atoms with Crippen molar-refractivity contribution >= 4 is 11.8 Å². The average molecular weight is 380 g/mol. The van der Waals surface area contributed by atoms with Gasteiger partial charge in [-0.3, -0.25) is 4.57 Å². The van der Waals surface area contributed by atoms with Crippen molar-refractivity contribution in [3.63, 3.8) is 0 Å². The molecule has 1 aromatic heterocycles. The van der Waals surface area contributed by atoms with Crippen LogP contribution in [-0.4, -0.2) is 21.9 Å². The van der Waals surface area contributed by atoms with Gasteiger partial charge < -0.3 is 4.74 Å². The summed E-state index contributed by atoms with van der Waals surface area (Å²) < 4.78 is 21.6. The molecule has 0 aliphatic carbocycles. The van der Waals surface area contributed by atoms with Gasteiger partial charge in [0.2, 0.25) is 0 Å². The Morgan fingerprint density at radius 2 is 2.07 bits per heavy atom. The number of hydrogen-bond acceptors (Lipinski definition) is 5. The van der Waals surface area contributed by atoms with Crippen molar-refractivity contribution < 1.29 is 9.13 Å². The van der Waals surface area contributed by atoms with Crippen LogP contribution in [0.5, 0.6) is 5.75 Å². The van der Waals surface area contributed by atoms with Crippen molar-refractivity contribution in [1.29, 1.82) is 5.26 Å². The molecular weight excluding hydrogens is 363 g/mol. The van der Waals surface area contributed by atoms with Crippen molar-refractivity contribution in [3.05, 3.63) is 72.1 Å². The maximum Gasteiger partial charge on any atom is 0.192 e. The molecular formula is C20H17FN4OS. The van der Waals surface area contributed by atoms with Crippen molar-refractivity contribution in [1.82, 2.24) is 14.8 Å². The second kappa shape index (κ2) is 8.52. The first kappa shape index (κ1) is 18.7. The summed E-state index contributed by atoms with van der Waals surface area (Å²) in [6, 6.07) is 14.2. The van der Waals surface area contributed by atoms with Gasteiger partial charge in [-0.15, -0.1) is 16.8 Å². The molecule has 27 heavy (non-hydrogen) atoms. The topological polar surface area (TPSA) is 63.7 Å². The van der Waals surface area contributed by atoms with Crippen molar-refractivity contribution in [2.24, 2.45) is 0 Å². The summed E-state index contributed by atoms with van der Waals surface area (Å²) in [5.41, 5.74) is 1.31. The molecule has 0 atom stereocenters. The molecule has 0 N–H and O–H groups in total. The minimum absolute atomic E-state index is 0.0374. The second-order valence-electron chi connectivity index (χ2n) is 5.58. The van der Waals surface area contributed by atoms with Gasteiger partial charge in [-0.25, -0.2) is 4.39 Å². The summed E-state index contributed by atoms with van der Waals surface area (Å²) in [5, 5.41) is 18.2. The lowest BCUT2D eigenvalue weighted by atomic mass is 10.1. The quantitative estimate of drug-likeness (QED) is 0.448. The Bertz CT molecular complexity index is 1010. The first-order valence-corrected chi connectivity index (χ1v) is 9.16. The van der Waals surface area contributed by atoms with Crippen LogP contribution < -0.4 is 4.74 Å². The fourth-order valence-corrected chi connectivity index (χ4v) is 3.56. The summed E-state index contributed by atoms with van der Waals surface area (Å²) in [6.07, 6.45) is 1.75. The minimum atomic E-state index is -0.493. The van der Waals surface area contributed by atoms with E-state index < -0.39 is 5.82 Å².